The van der Waals surface area contributed by atoms with Gasteiger partial charge in [-0.05, 0) is 36.8 Å². The number of benzene rings is 1. The SMILES string of the molecule is C=CC(C/C=C/C1N=CNC(c2ccc(CCC)cc2)=N1)CCC. The lowest BCUT2D eigenvalue weighted by molar-refractivity contribution is 0.588. The number of aliphatic imine (C=N–C) groups is 2. The highest BCUT2D eigenvalue weighted by molar-refractivity contribution is 6.05. The summed E-state index contributed by atoms with van der Waals surface area (Å²) < 4.78 is 0. The van der Waals surface area contributed by atoms with Gasteiger partial charge in [0, 0.05) is 5.56 Å². The number of nitrogens with one attached hydrogen (secondary N) is 1. The number of amidine groups is 1. The molecular formula is C21H29N3. The summed E-state index contributed by atoms with van der Waals surface area (Å²) in [5.74, 6) is 1.43. The zero-order valence-electron chi connectivity index (χ0n) is 14.9. The lowest BCUT2D eigenvalue weighted by Gasteiger charge is -2.15. The van der Waals surface area contributed by atoms with Crippen LogP contribution < -0.4 is 5.32 Å². The fourth-order valence-corrected chi connectivity index (χ4v) is 2.82. The highest BCUT2D eigenvalue weighted by Crippen LogP contribution is 2.14. The van der Waals surface area contributed by atoms with Crippen LogP contribution >= 0.6 is 0 Å². The minimum atomic E-state index is -0.135. The van der Waals surface area contributed by atoms with Gasteiger partial charge in [0.15, 0.2) is 6.17 Å². The predicted octanol–water partition coefficient (Wildman–Crippen LogP) is 4.89. The molecule has 3 nitrogen and oxygen atoms in total. The van der Waals surface area contributed by atoms with Crippen LogP contribution in [0, 0.1) is 5.92 Å². The molecule has 128 valence electrons. The fraction of sp³-hybridized carbons (Fsp3) is 0.429. The predicted molar refractivity (Wildman–Crippen MR) is 105 cm³/mol. The zero-order chi connectivity index (χ0) is 17.2. The second kappa shape index (κ2) is 9.86. The largest absolute Gasteiger partial charge is 0.331 e. The molecule has 0 radical (unpaired) electrons. The lowest BCUT2D eigenvalue weighted by Crippen LogP contribution is -2.28. The third-order valence-electron chi connectivity index (χ3n) is 4.20. The van der Waals surface area contributed by atoms with E-state index in [1.807, 2.05) is 6.08 Å². The molecule has 0 bridgehead atoms. The topological polar surface area (TPSA) is 36.8 Å². The van der Waals surface area contributed by atoms with Crippen molar-refractivity contribution in [2.24, 2.45) is 15.9 Å². The Morgan fingerprint density at radius 1 is 1.21 bits per heavy atom. The van der Waals surface area contributed by atoms with Gasteiger partial charge in [-0.3, -0.25) is 0 Å². The van der Waals surface area contributed by atoms with Crippen LogP contribution in [0.4, 0.5) is 0 Å². The van der Waals surface area contributed by atoms with E-state index in [2.05, 4.69) is 67.2 Å². The second-order valence-corrected chi connectivity index (χ2v) is 6.21. The van der Waals surface area contributed by atoms with E-state index in [9.17, 15) is 0 Å². The van der Waals surface area contributed by atoms with Crippen LogP contribution in [-0.2, 0) is 6.42 Å². The van der Waals surface area contributed by atoms with Crippen molar-refractivity contribution >= 4 is 12.2 Å². The number of rotatable bonds is 9. The summed E-state index contributed by atoms with van der Waals surface area (Å²) in [5.41, 5.74) is 2.48. The fourth-order valence-electron chi connectivity index (χ4n) is 2.82. The van der Waals surface area contributed by atoms with Gasteiger partial charge in [0.25, 0.3) is 0 Å². The summed E-state index contributed by atoms with van der Waals surface area (Å²) in [4.78, 5) is 9.08. The van der Waals surface area contributed by atoms with Gasteiger partial charge in [0.2, 0.25) is 0 Å². The quantitative estimate of drug-likeness (QED) is 0.645. The Morgan fingerprint density at radius 2 is 2.00 bits per heavy atom. The second-order valence-electron chi connectivity index (χ2n) is 6.21. The van der Waals surface area contributed by atoms with Crippen LogP contribution in [0.5, 0.6) is 0 Å². The number of nitrogens with zero attached hydrogens (tertiary/aromatic N) is 2. The van der Waals surface area contributed by atoms with Gasteiger partial charge >= 0.3 is 0 Å². The van der Waals surface area contributed by atoms with Gasteiger partial charge in [-0.2, -0.15) is 0 Å². The molecule has 1 aliphatic heterocycles. The van der Waals surface area contributed by atoms with Gasteiger partial charge < -0.3 is 5.32 Å². The Morgan fingerprint density at radius 3 is 2.67 bits per heavy atom. The van der Waals surface area contributed by atoms with E-state index in [4.69, 9.17) is 4.99 Å². The summed E-state index contributed by atoms with van der Waals surface area (Å²) in [6.45, 7) is 8.32. The molecule has 1 aromatic rings. The van der Waals surface area contributed by atoms with Crippen molar-refractivity contribution in [3.05, 3.63) is 60.2 Å². The number of hydrogen-bond donors (Lipinski definition) is 1. The maximum absolute atomic E-state index is 4.69. The normalized spacial score (nSPS) is 18.2. The first-order chi connectivity index (χ1) is 11.8. The Balaban J connectivity index is 1.98. The smallest absolute Gasteiger partial charge is 0.162 e. The lowest BCUT2D eigenvalue weighted by atomic mass is 10.00. The molecule has 1 aromatic carbocycles. The third-order valence-corrected chi connectivity index (χ3v) is 4.20. The monoisotopic (exact) mass is 323 g/mol. The molecule has 1 heterocycles. The van der Waals surface area contributed by atoms with Gasteiger partial charge in [-0.15, -0.1) is 6.58 Å². The summed E-state index contributed by atoms with van der Waals surface area (Å²) in [6, 6.07) is 8.62. The Kier molecular flexibility index (Phi) is 7.47. The van der Waals surface area contributed by atoms with Gasteiger partial charge in [0.05, 0.1) is 6.34 Å². The van der Waals surface area contributed by atoms with E-state index in [-0.39, 0.29) is 6.17 Å². The molecule has 1 N–H and O–H groups in total. The van der Waals surface area contributed by atoms with Gasteiger partial charge in [0.1, 0.15) is 5.84 Å². The van der Waals surface area contributed by atoms with E-state index >= 15 is 0 Å². The minimum absolute atomic E-state index is 0.135. The van der Waals surface area contributed by atoms with Crippen molar-refractivity contribution in [3.63, 3.8) is 0 Å². The maximum Gasteiger partial charge on any atom is 0.162 e. The number of hydrogen-bond acceptors (Lipinski definition) is 3. The van der Waals surface area contributed by atoms with Crippen molar-refractivity contribution in [2.45, 2.75) is 52.1 Å². The standard InChI is InChI=1S/C21H29N3/c1-4-8-17(6-3)10-7-11-20-22-16-23-21(24-20)19-14-12-18(9-5-2)13-15-19/h6-7,11-17,20H,3-5,8-10H2,1-2H3,(H,22,23,24)/b11-7+. The van der Waals surface area contributed by atoms with E-state index < -0.39 is 0 Å². The Labute approximate surface area is 146 Å². The maximum atomic E-state index is 4.69. The zero-order valence-corrected chi connectivity index (χ0v) is 14.9. The Bertz CT molecular complexity index is 596. The van der Waals surface area contributed by atoms with Gasteiger partial charge in [-0.25, -0.2) is 9.98 Å². The third kappa shape index (κ3) is 5.48. The Hall–Kier alpha value is -2.16. The first kappa shape index (κ1) is 18.2. The van der Waals surface area contributed by atoms with Crippen LogP contribution in [0.25, 0.3) is 0 Å². The molecule has 0 fully saturated rings. The molecule has 0 amide bonds. The molecule has 24 heavy (non-hydrogen) atoms. The molecule has 0 aliphatic carbocycles. The van der Waals surface area contributed by atoms with E-state index in [1.54, 1.807) is 6.34 Å². The molecule has 0 spiro atoms. The summed E-state index contributed by atoms with van der Waals surface area (Å²) >= 11 is 0. The van der Waals surface area contributed by atoms with Crippen molar-refractivity contribution in [1.82, 2.24) is 5.32 Å². The van der Waals surface area contributed by atoms with E-state index in [0.717, 1.165) is 24.2 Å². The van der Waals surface area contributed by atoms with E-state index in [0.29, 0.717) is 5.92 Å². The average Bonchev–Trinajstić information content (AvgIpc) is 2.62. The van der Waals surface area contributed by atoms with Crippen LogP contribution in [0.1, 0.15) is 50.7 Å². The highest BCUT2D eigenvalue weighted by Gasteiger charge is 2.10. The number of allylic oxidation sites excluding steroid dienone is 2. The number of aryl methyl sites for hydroxylation is 1. The van der Waals surface area contributed by atoms with Crippen molar-refractivity contribution < 1.29 is 0 Å². The molecule has 3 heteroatoms. The average molecular weight is 323 g/mol. The van der Waals surface area contributed by atoms with Crippen LogP contribution in [0.15, 0.2) is 59.1 Å². The van der Waals surface area contributed by atoms with Crippen LogP contribution in [-0.4, -0.2) is 18.3 Å². The van der Waals surface area contributed by atoms with Crippen molar-refractivity contribution in [3.8, 4) is 0 Å². The molecule has 0 saturated carbocycles. The summed E-state index contributed by atoms with van der Waals surface area (Å²) in [7, 11) is 0. The summed E-state index contributed by atoms with van der Waals surface area (Å²) in [5, 5.41) is 3.16. The molecule has 2 atom stereocenters. The van der Waals surface area contributed by atoms with Gasteiger partial charge in [-0.1, -0.05) is 63.1 Å². The first-order valence-corrected chi connectivity index (χ1v) is 9.01. The van der Waals surface area contributed by atoms with Crippen molar-refractivity contribution in [1.29, 1.82) is 0 Å². The minimum Gasteiger partial charge on any atom is -0.331 e. The van der Waals surface area contributed by atoms with Crippen LogP contribution in [0.2, 0.25) is 0 Å². The summed E-state index contributed by atoms with van der Waals surface area (Å²) in [6.07, 6.45) is 13.6. The molecule has 1 aliphatic rings. The molecular weight excluding hydrogens is 294 g/mol. The van der Waals surface area contributed by atoms with Crippen LogP contribution in [0.3, 0.4) is 0 Å². The first-order valence-electron chi connectivity index (χ1n) is 9.01. The molecule has 2 unspecified atom stereocenters. The highest BCUT2D eigenvalue weighted by atomic mass is 15.2. The van der Waals surface area contributed by atoms with E-state index in [1.165, 1.54) is 24.8 Å². The molecule has 0 aromatic heterocycles. The molecule has 0 saturated heterocycles. The van der Waals surface area contributed by atoms with Crippen molar-refractivity contribution in [2.75, 3.05) is 0 Å². The molecule has 2 rings (SSSR count).